The molecule has 1 aliphatic carbocycles. The van der Waals surface area contributed by atoms with Gasteiger partial charge in [-0.25, -0.2) is 0 Å². The molecule has 2 heteroatoms. The van der Waals surface area contributed by atoms with Crippen LogP contribution in [0.15, 0.2) is 12.8 Å². The van der Waals surface area contributed by atoms with Gasteiger partial charge in [-0.05, 0) is 49.9 Å². The summed E-state index contributed by atoms with van der Waals surface area (Å²) in [4.78, 5) is 0. The summed E-state index contributed by atoms with van der Waals surface area (Å²) in [5.41, 5.74) is 0. The Morgan fingerprint density at radius 1 is 1.13 bits per heavy atom. The van der Waals surface area contributed by atoms with Crippen molar-refractivity contribution in [1.29, 1.82) is 0 Å². The molecule has 2 heterocycles. The van der Waals surface area contributed by atoms with E-state index in [1.807, 2.05) is 0 Å². The molecule has 0 radical (unpaired) electrons. The molecular formula is C13H20OS. The van der Waals surface area contributed by atoms with Gasteiger partial charge in [0.1, 0.15) is 0 Å². The van der Waals surface area contributed by atoms with Gasteiger partial charge in [0, 0.05) is 10.5 Å². The van der Waals surface area contributed by atoms with Crippen molar-refractivity contribution in [2.45, 2.75) is 42.6 Å². The summed E-state index contributed by atoms with van der Waals surface area (Å²) >= 11 is 2.30. The second-order valence-electron chi connectivity index (χ2n) is 5.30. The fourth-order valence-corrected chi connectivity index (χ4v) is 5.93. The van der Waals surface area contributed by atoms with Crippen molar-refractivity contribution >= 4 is 11.8 Å². The lowest BCUT2D eigenvalue weighted by Crippen LogP contribution is -2.34. The van der Waals surface area contributed by atoms with Crippen molar-refractivity contribution in [1.82, 2.24) is 0 Å². The van der Waals surface area contributed by atoms with Gasteiger partial charge in [0.25, 0.3) is 0 Å². The fourth-order valence-electron chi connectivity index (χ4n) is 3.88. The van der Waals surface area contributed by atoms with Gasteiger partial charge in [0.05, 0.1) is 12.9 Å². The highest BCUT2D eigenvalue weighted by Gasteiger charge is 2.50. The monoisotopic (exact) mass is 224 g/mol. The Labute approximate surface area is 96.6 Å². The lowest BCUT2D eigenvalue weighted by Gasteiger charge is -2.37. The molecule has 0 aromatic heterocycles. The molecule has 3 rings (SSSR count). The Morgan fingerprint density at radius 3 is 2.73 bits per heavy atom. The predicted octanol–water partition coefficient (Wildman–Crippen LogP) is 3.46. The minimum absolute atomic E-state index is 0.809. The SMILES string of the molecule is C=COCC1CCC2C3CCC(S3)C2C1. The number of rotatable bonds is 3. The van der Waals surface area contributed by atoms with Crippen molar-refractivity contribution < 1.29 is 4.74 Å². The Balaban J connectivity index is 1.61. The van der Waals surface area contributed by atoms with Crippen LogP contribution in [0.2, 0.25) is 0 Å². The maximum atomic E-state index is 5.36. The number of fused-ring (bicyclic) bond motifs is 5. The van der Waals surface area contributed by atoms with E-state index in [0.717, 1.165) is 34.9 Å². The highest BCUT2D eigenvalue weighted by molar-refractivity contribution is 8.01. The van der Waals surface area contributed by atoms with Crippen LogP contribution in [-0.2, 0) is 4.74 Å². The molecule has 84 valence electrons. The van der Waals surface area contributed by atoms with Crippen molar-refractivity contribution in [3.63, 3.8) is 0 Å². The van der Waals surface area contributed by atoms with E-state index in [1.54, 1.807) is 6.26 Å². The largest absolute Gasteiger partial charge is 0.502 e. The van der Waals surface area contributed by atoms with Crippen LogP contribution in [0.25, 0.3) is 0 Å². The van der Waals surface area contributed by atoms with Gasteiger partial charge in [-0.2, -0.15) is 11.8 Å². The summed E-state index contributed by atoms with van der Waals surface area (Å²) in [7, 11) is 0. The number of ether oxygens (including phenoxy) is 1. The summed E-state index contributed by atoms with van der Waals surface area (Å²) < 4.78 is 5.36. The van der Waals surface area contributed by atoms with Gasteiger partial charge in [0.15, 0.2) is 0 Å². The van der Waals surface area contributed by atoms with E-state index < -0.39 is 0 Å². The topological polar surface area (TPSA) is 9.23 Å². The summed E-state index contributed by atoms with van der Waals surface area (Å²) in [6.45, 7) is 4.53. The van der Waals surface area contributed by atoms with Gasteiger partial charge in [-0.1, -0.05) is 6.58 Å². The molecule has 0 spiro atoms. The highest BCUT2D eigenvalue weighted by atomic mass is 32.2. The smallest absolute Gasteiger partial charge is 0.0901 e. The van der Waals surface area contributed by atoms with E-state index in [4.69, 9.17) is 4.74 Å². The molecule has 3 aliphatic rings. The molecule has 0 amide bonds. The van der Waals surface area contributed by atoms with Crippen LogP contribution in [0.4, 0.5) is 0 Å². The van der Waals surface area contributed by atoms with E-state index in [-0.39, 0.29) is 0 Å². The van der Waals surface area contributed by atoms with Crippen molar-refractivity contribution in [2.24, 2.45) is 17.8 Å². The van der Waals surface area contributed by atoms with Crippen LogP contribution in [0, 0.1) is 17.8 Å². The maximum Gasteiger partial charge on any atom is 0.0901 e. The van der Waals surface area contributed by atoms with Gasteiger partial charge in [-0.15, -0.1) is 0 Å². The first-order chi connectivity index (χ1) is 7.38. The standard InChI is InChI=1S/C13H20OS/c1-2-14-8-9-3-4-10-11(7-9)13-6-5-12(10)15-13/h2,9-13H,1,3-8H2. The minimum atomic E-state index is 0.809. The highest BCUT2D eigenvalue weighted by Crippen LogP contribution is 2.58. The number of thioether (sulfide) groups is 1. The first-order valence-corrected chi connectivity index (χ1v) is 7.20. The third-order valence-electron chi connectivity index (χ3n) is 4.55. The molecule has 1 saturated carbocycles. The Hall–Kier alpha value is -0.110. The minimum Gasteiger partial charge on any atom is -0.502 e. The quantitative estimate of drug-likeness (QED) is 0.679. The summed E-state index contributed by atoms with van der Waals surface area (Å²) in [5, 5.41) is 2.04. The van der Waals surface area contributed by atoms with E-state index in [2.05, 4.69) is 18.3 Å². The lowest BCUT2D eigenvalue weighted by atomic mass is 9.68. The zero-order chi connectivity index (χ0) is 10.3. The molecule has 3 fully saturated rings. The summed E-state index contributed by atoms with van der Waals surface area (Å²) in [6, 6.07) is 0. The molecule has 0 N–H and O–H groups in total. The first-order valence-electron chi connectivity index (χ1n) is 6.26. The van der Waals surface area contributed by atoms with Gasteiger partial charge < -0.3 is 4.74 Å². The predicted molar refractivity (Wildman–Crippen MR) is 64.9 cm³/mol. The van der Waals surface area contributed by atoms with Crippen LogP contribution in [0.3, 0.4) is 0 Å². The first kappa shape index (κ1) is 10.1. The molecule has 5 unspecified atom stereocenters. The van der Waals surface area contributed by atoms with Crippen LogP contribution in [-0.4, -0.2) is 17.1 Å². The Bertz CT molecular complexity index is 253. The summed E-state index contributed by atoms with van der Waals surface area (Å²) in [6.07, 6.45) is 8.87. The van der Waals surface area contributed by atoms with Gasteiger partial charge in [-0.3, -0.25) is 0 Å². The summed E-state index contributed by atoms with van der Waals surface area (Å²) in [5.74, 6) is 2.90. The average Bonchev–Trinajstić information content (AvgIpc) is 2.87. The zero-order valence-electron chi connectivity index (χ0n) is 9.23. The third-order valence-corrected chi connectivity index (χ3v) is 6.42. The molecular weight excluding hydrogens is 204 g/mol. The van der Waals surface area contributed by atoms with E-state index in [0.29, 0.717) is 0 Å². The van der Waals surface area contributed by atoms with Crippen molar-refractivity contribution in [3.8, 4) is 0 Å². The second kappa shape index (κ2) is 4.04. The van der Waals surface area contributed by atoms with Gasteiger partial charge in [0.2, 0.25) is 0 Å². The number of hydrogen-bond donors (Lipinski definition) is 0. The van der Waals surface area contributed by atoms with Crippen LogP contribution in [0.1, 0.15) is 32.1 Å². The lowest BCUT2D eigenvalue weighted by molar-refractivity contribution is 0.102. The van der Waals surface area contributed by atoms with E-state index in [1.165, 1.54) is 32.1 Å². The van der Waals surface area contributed by atoms with E-state index >= 15 is 0 Å². The van der Waals surface area contributed by atoms with E-state index in [9.17, 15) is 0 Å². The van der Waals surface area contributed by atoms with Crippen LogP contribution >= 0.6 is 11.8 Å². The fraction of sp³-hybridized carbons (Fsp3) is 0.846. The van der Waals surface area contributed by atoms with Crippen molar-refractivity contribution in [2.75, 3.05) is 6.61 Å². The van der Waals surface area contributed by atoms with Crippen LogP contribution < -0.4 is 0 Å². The zero-order valence-corrected chi connectivity index (χ0v) is 10.0. The molecule has 2 aliphatic heterocycles. The van der Waals surface area contributed by atoms with Gasteiger partial charge >= 0.3 is 0 Å². The second-order valence-corrected chi connectivity index (χ2v) is 6.78. The molecule has 5 atom stereocenters. The molecule has 15 heavy (non-hydrogen) atoms. The molecule has 2 saturated heterocycles. The Kier molecular flexibility index (Phi) is 2.71. The molecule has 2 bridgehead atoms. The van der Waals surface area contributed by atoms with Crippen molar-refractivity contribution in [3.05, 3.63) is 12.8 Å². The third kappa shape index (κ3) is 1.71. The van der Waals surface area contributed by atoms with Crippen LogP contribution in [0.5, 0.6) is 0 Å². The average molecular weight is 224 g/mol. The normalized spacial score (nSPS) is 47.6. The Morgan fingerprint density at radius 2 is 1.93 bits per heavy atom. The molecule has 1 nitrogen and oxygen atoms in total. The maximum absolute atomic E-state index is 5.36. The molecule has 0 aromatic carbocycles. The number of hydrogen-bond acceptors (Lipinski definition) is 2. The molecule has 0 aromatic rings.